The highest BCUT2D eigenvalue weighted by molar-refractivity contribution is 6.10. The minimum Gasteiger partial charge on any atom is -0.405 e. The summed E-state index contributed by atoms with van der Waals surface area (Å²) in [5, 5.41) is 0. The lowest BCUT2D eigenvalue weighted by Gasteiger charge is -2.08. The van der Waals surface area contributed by atoms with Gasteiger partial charge in [-0.2, -0.15) is 0 Å². The minimum absolute atomic E-state index is 0.234. The first-order valence-electron chi connectivity index (χ1n) is 10.8. The Morgan fingerprint density at radius 3 is 2.83 bits per heavy atom. The lowest BCUT2D eigenvalue weighted by molar-refractivity contribution is 0.637. The second-order valence-corrected chi connectivity index (χ2v) is 8.06. The van der Waals surface area contributed by atoms with Crippen molar-refractivity contribution in [3.63, 3.8) is 0 Å². The van der Waals surface area contributed by atoms with Gasteiger partial charge in [0.05, 0.1) is 46.2 Å². The fourth-order valence-corrected chi connectivity index (χ4v) is 4.19. The van der Waals surface area contributed by atoms with Crippen molar-refractivity contribution in [2.24, 2.45) is 10.7 Å². The van der Waals surface area contributed by atoms with Crippen LogP contribution < -0.4 is 11.4 Å². The van der Waals surface area contributed by atoms with E-state index in [4.69, 9.17) is 10.7 Å². The van der Waals surface area contributed by atoms with E-state index >= 15 is 4.39 Å². The molecule has 0 fully saturated rings. The molecule has 0 spiro atoms. The Kier molecular flexibility index (Phi) is 4.77. The van der Waals surface area contributed by atoms with Crippen LogP contribution in [0.5, 0.6) is 0 Å². The van der Waals surface area contributed by atoms with Gasteiger partial charge in [0.25, 0.3) is 0 Å². The molecule has 0 aliphatic carbocycles. The monoisotopic (exact) mass is 466 g/mol. The normalized spacial score (nSPS) is 12.5. The molecule has 172 valence electrons. The molecular weight excluding hydrogens is 447 g/mol. The zero-order valence-electron chi connectivity index (χ0n) is 18.3. The molecule has 6 rings (SSSR count). The number of nitrogens with one attached hydrogen (secondary N) is 3. The number of nitrogens with zero attached hydrogens (tertiary/aromatic N) is 4. The average molecular weight is 466 g/mol. The molecule has 0 bridgehead atoms. The molecule has 6 aromatic rings. The Morgan fingerprint density at radius 1 is 1.06 bits per heavy atom. The minimum atomic E-state index is -0.468. The van der Waals surface area contributed by atoms with Crippen molar-refractivity contribution in [1.82, 2.24) is 29.5 Å². The summed E-state index contributed by atoms with van der Waals surface area (Å²) < 4.78 is 16.9. The smallest absolute Gasteiger partial charge is 0.323 e. The van der Waals surface area contributed by atoms with Gasteiger partial charge in [-0.15, -0.1) is 0 Å². The maximum Gasteiger partial charge on any atom is 0.323 e. The third-order valence-electron chi connectivity index (χ3n) is 5.85. The number of aliphatic imine (C=N–C) groups is 1. The fourth-order valence-electron chi connectivity index (χ4n) is 4.19. The summed E-state index contributed by atoms with van der Waals surface area (Å²) in [7, 11) is 0. The number of aromatic nitrogens is 6. The molecule has 0 unspecified atom stereocenters. The van der Waals surface area contributed by atoms with Crippen molar-refractivity contribution >= 4 is 38.8 Å². The van der Waals surface area contributed by atoms with Crippen LogP contribution >= 0.6 is 0 Å². The molecule has 5 N–H and O–H groups in total. The lowest BCUT2D eigenvalue weighted by Crippen LogP contribution is -2.02. The molecule has 0 aliphatic rings. The molecule has 0 saturated carbocycles. The largest absolute Gasteiger partial charge is 0.405 e. The summed E-state index contributed by atoms with van der Waals surface area (Å²) in [4.78, 5) is 33.4. The Hall–Kier alpha value is -4.99. The second kappa shape index (κ2) is 8.10. The number of hydrogen-bond donors (Lipinski definition) is 4. The van der Waals surface area contributed by atoms with Gasteiger partial charge < -0.3 is 20.7 Å². The van der Waals surface area contributed by atoms with Crippen molar-refractivity contribution in [3.8, 4) is 5.69 Å². The summed E-state index contributed by atoms with van der Waals surface area (Å²) in [5.41, 5.74) is 12.1. The van der Waals surface area contributed by atoms with E-state index in [9.17, 15) is 4.79 Å². The fraction of sp³-hybridized carbons (Fsp3) is 0.0400. The molecule has 3 heterocycles. The summed E-state index contributed by atoms with van der Waals surface area (Å²) in [6.07, 6.45) is 6.23. The topological polar surface area (TPSA) is 134 Å². The van der Waals surface area contributed by atoms with Crippen LogP contribution in [0.25, 0.3) is 38.8 Å². The van der Waals surface area contributed by atoms with Crippen molar-refractivity contribution < 1.29 is 4.39 Å². The Labute approximate surface area is 196 Å². The zero-order valence-corrected chi connectivity index (χ0v) is 18.3. The SMILES string of the molecule is N/C=C\C(=NCc1ccc2nc[nH]c2c1)c1cc(F)c2ncn(-c3ccc4[nH]c(=O)[nH]c4c3)c2c1. The predicted molar refractivity (Wildman–Crippen MR) is 133 cm³/mol. The van der Waals surface area contributed by atoms with E-state index in [2.05, 4.69) is 24.9 Å². The first-order valence-corrected chi connectivity index (χ1v) is 10.8. The summed E-state index contributed by atoms with van der Waals surface area (Å²) in [5.74, 6) is -0.468. The van der Waals surface area contributed by atoms with Crippen molar-refractivity contribution in [2.45, 2.75) is 6.54 Å². The average Bonchev–Trinajstić information content (AvgIpc) is 3.58. The van der Waals surface area contributed by atoms with E-state index in [1.165, 1.54) is 12.3 Å². The first kappa shape index (κ1) is 20.6. The molecule has 0 radical (unpaired) electrons. The lowest BCUT2D eigenvalue weighted by atomic mass is 10.1. The van der Waals surface area contributed by atoms with Crippen molar-refractivity contribution in [2.75, 3.05) is 0 Å². The van der Waals surface area contributed by atoms with Gasteiger partial charge in [-0.25, -0.2) is 19.2 Å². The number of hydrogen-bond acceptors (Lipinski definition) is 5. The molecule has 0 aliphatic heterocycles. The molecule has 10 heteroatoms. The van der Waals surface area contributed by atoms with Gasteiger partial charge in [0.2, 0.25) is 0 Å². The van der Waals surface area contributed by atoms with Gasteiger partial charge in [-0.05, 0) is 60.3 Å². The Bertz CT molecular complexity index is 1840. The number of rotatable bonds is 5. The van der Waals surface area contributed by atoms with Crippen LogP contribution in [0.3, 0.4) is 0 Å². The first-order chi connectivity index (χ1) is 17.1. The maximum atomic E-state index is 15.1. The quantitative estimate of drug-likeness (QED) is 0.288. The molecule has 0 saturated heterocycles. The van der Waals surface area contributed by atoms with Crippen LogP contribution in [-0.2, 0) is 6.54 Å². The van der Waals surface area contributed by atoms with Gasteiger partial charge >= 0.3 is 5.69 Å². The number of imidazole rings is 3. The number of benzene rings is 3. The van der Waals surface area contributed by atoms with Crippen LogP contribution in [0.2, 0.25) is 0 Å². The van der Waals surface area contributed by atoms with E-state index in [0.717, 1.165) is 22.3 Å². The molecule has 35 heavy (non-hydrogen) atoms. The highest BCUT2D eigenvalue weighted by Crippen LogP contribution is 2.25. The summed E-state index contributed by atoms with van der Waals surface area (Å²) >= 11 is 0. The summed E-state index contributed by atoms with van der Waals surface area (Å²) in [6.45, 7) is 0.380. The van der Waals surface area contributed by atoms with Crippen LogP contribution in [-0.4, -0.2) is 35.2 Å². The number of H-pyrrole nitrogens is 3. The molecule has 0 amide bonds. The highest BCUT2D eigenvalue weighted by atomic mass is 19.1. The molecule has 0 atom stereocenters. The van der Waals surface area contributed by atoms with Crippen LogP contribution in [0.4, 0.5) is 4.39 Å². The van der Waals surface area contributed by atoms with E-state index in [1.807, 2.05) is 30.3 Å². The Balaban J connectivity index is 1.42. The van der Waals surface area contributed by atoms with Crippen LogP contribution in [0.1, 0.15) is 11.1 Å². The van der Waals surface area contributed by atoms with E-state index in [1.54, 1.807) is 35.4 Å². The zero-order chi connectivity index (χ0) is 23.9. The van der Waals surface area contributed by atoms with E-state index in [-0.39, 0.29) is 11.2 Å². The molecule has 3 aromatic carbocycles. The molecular formula is C25H19FN8O. The second-order valence-electron chi connectivity index (χ2n) is 8.06. The van der Waals surface area contributed by atoms with Gasteiger partial charge in [0.15, 0.2) is 5.82 Å². The number of nitrogens with two attached hydrogens (primary N) is 1. The van der Waals surface area contributed by atoms with E-state index in [0.29, 0.717) is 34.4 Å². The summed E-state index contributed by atoms with van der Waals surface area (Å²) in [6, 6.07) is 14.5. The highest BCUT2D eigenvalue weighted by Gasteiger charge is 2.14. The van der Waals surface area contributed by atoms with Gasteiger partial charge in [0.1, 0.15) is 11.8 Å². The third kappa shape index (κ3) is 3.66. The van der Waals surface area contributed by atoms with Gasteiger partial charge in [-0.1, -0.05) is 6.07 Å². The maximum absolute atomic E-state index is 15.1. The number of allylic oxidation sites excluding steroid dienone is 1. The standard InChI is InChI=1S/C25H19FN8O/c26-17-8-15(18(5-6-27)28-11-14-1-3-19-21(7-14)30-12-29-19)9-23-24(17)31-13-34(23)16-2-4-20-22(10-16)33-25(35)32-20/h1-10,12-13H,11,27H2,(H,29,30)(H2,32,33,35)/b6-5-,28-18?. The molecule has 9 nitrogen and oxygen atoms in total. The van der Waals surface area contributed by atoms with Crippen molar-refractivity contribution in [3.05, 3.63) is 101 Å². The van der Waals surface area contributed by atoms with Crippen LogP contribution in [0.15, 0.2) is 83.2 Å². The third-order valence-corrected chi connectivity index (χ3v) is 5.85. The molecule has 3 aromatic heterocycles. The number of halogens is 1. The van der Waals surface area contributed by atoms with Gasteiger partial charge in [-0.3, -0.25) is 9.56 Å². The van der Waals surface area contributed by atoms with Gasteiger partial charge in [0, 0.05) is 11.3 Å². The van der Waals surface area contributed by atoms with Crippen molar-refractivity contribution in [1.29, 1.82) is 0 Å². The van der Waals surface area contributed by atoms with E-state index < -0.39 is 5.82 Å². The number of aromatic amines is 3. The number of fused-ring (bicyclic) bond motifs is 3. The van der Waals surface area contributed by atoms with Crippen LogP contribution in [0, 0.1) is 5.82 Å². The Morgan fingerprint density at radius 2 is 1.94 bits per heavy atom. The predicted octanol–water partition coefficient (Wildman–Crippen LogP) is 3.67.